The van der Waals surface area contributed by atoms with Crippen molar-refractivity contribution in [3.63, 3.8) is 0 Å². The van der Waals surface area contributed by atoms with E-state index in [-0.39, 0.29) is 0 Å². The molecule has 9 aromatic rings. The van der Waals surface area contributed by atoms with Crippen molar-refractivity contribution in [2.45, 2.75) is 0 Å². The lowest BCUT2D eigenvalue weighted by molar-refractivity contribution is 0.669. The van der Waals surface area contributed by atoms with Gasteiger partial charge in [0.2, 0.25) is 0 Å². The molecule has 0 N–H and O–H groups in total. The molecule has 0 saturated carbocycles. The third-order valence-electron chi connectivity index (χ3n) is 7.89. The minimum atomic E-state index is 0.829. The normalized spacial score (nSPS) is 11.8. The number of benzene rings is 6. The predicted octanol–water partition coefficient (Wildman–Crippen LogP) is 11.2. The van der Waals surface area contributed by atoms with Crippen molar-refractivity contribution in [2.24, 2.45) is 0 Å². The van der Waals surface area contributed by atoms with E-state index in [0.29, 0.717) is 0 Å². The minimum Gasteiger partial charge on any atom is -0.456 e. The van der Waals surface area contributed by atoms with Crippen molar-refractivity contribution in [3.8, 4) is 10.6 Å². The summed E-state index contributed by atoms with van der Waals surface area (Å²) in [5.74, 6) is 0. The Hall–Kier alpha value is -5.39. The van der Waals surface area contributed by atoms with Gasteiger partial charge in [-0.15, -0.1) is 11.3 Å². The zero-order valence-corrected chi connectivity index (χ0v) is 23.1. The molecule has 4 nitrogen and oxygen atoms in total. The Kier molecular flexibility index (Phi) is 5.03. The third-order valence-corrected chi connectivity index (χ3v) is 8.96. The molecular weight excluding hydrogens is 536 g/mol. The van der Waals surface area contributed by atoms with Gasteiger partial charge in [-0.05, 0) is 54.6 Å². The first kappa shape index (κ1) is 23.3. The molecule has 0 aliphatic carbocycles. The Morgan fingerprint density at radius 1 is 0.500 bits per heavy atom. The van der Waals surface area contributed by atoms with Gasteiger partial charge in [0.1, 0.15) is 27.3 Å². The number of hydrogen-bond donors (Lipinski definition) is 0. The molecular formula is C37H22N2O2S. The van der Waals surface area contributed by atoms with Crippen molar-refractivity contribution in [1.29, 1.82) is 0 Å². The number of furan rings is 2. The van der Waals surface area contributed by atoms with E-state index in [0.717, 1.165) is 81.7 Å². The molecule has 3 aromatic heterocycles. The minimum absolute atomic E-state index is 0.829. The van der Waals surface area contributed by atoms with Gasteiger partial charge in [0.15, 0.2) is 0 Å². The Labute approximate surface area is 244 Å². The monoisotopic (exact) mass is 558 g/mol. The number of thiazole rings is 1. The lowest BCUT2D eigenvalue weighted by Gasteiger charge is -2.25. The van der Waals surface area contributed by atoms with Crippen LogP contribution in [0.25, 0.3) is 64.7 Å². The second-order valence-electron chi connectivity index (χ2n) is 10.4. The SMILES string of the molecule is c1ccc(-c2nc3c(ccc4oc5cc(N(c6ccccc6)c6ccc7c(c6)oc6ccccc67)ccc5c43)s2)cc1. The molecule has 0 spiro atoms. The summed E-state index contributed by atoms with van der Waals surface area (Å²) in [4.78, 5) is 7.31. The number of anilines is 3. The van der Waals surface area contributed by atoms with E-state index in [1.807, 2.05) is 30.3 Å². The van der Waals surface area contributed by atoms with E-state index >= 15 is 0 Å². The van der Waals surface area contributed by atoms with Crippen LogP contribution in [0.15, 0.2) is 142 Å². The van der Waals surface area contributed by atoms with Crippen LogP contribution in [-0.2, 0) is 0 Å². The van der Waals surface area contributed by atoms with Gasteiger partial charge < -0.3 is 13.7 Å². The molecule has 9 rings (SSSR count). The number of fused-ring (bicyclic) bond motifs is 8. The highest BCUT2D eigenvalue weighted by molar-refractivity contribution is 7.21. The predicted molar refractivity (Wildman–Crippen MR) is 174 cm³/mol. The Morgan fingerprint density at radius 3 is 1.95 bits per heavy atom. The lowest BCUT2D eigenvalue weighted by atomic mass is 10.1. The van der Waals surface area contributed by atoms with E-state index in [2.05, 4.69) is 108 Å². The molecule has 6 aromatic carbocycles. The van der Waals surface area contributed by atoms with E-state index in [4.69, 9.17) is 13.8 Å². The van der Waals surface area contributed by atoms with Crippen molar-refractivity contribution in [2.75, 3.05) is 4.90 Å². The summed E-state index contributed by atoms with van der Waals surface area (Å²) in [7, 11) is 0. The van der Waals surface area contributed by atoms with Crippen LogP contribution in [0.3, 0.4) is 0 Å². The molecule has 0 aliphatic heterocycles. The van der Waals surface area contributed by atoms with Gasteiger partial charge in [-0.1, -0.05) is 66.7 Å². The van der Waals surface area contributed by atoms with Gasteiger partial charge in [0.05, 0.1) is 15.6 Å². The highest BCUT2D eigenvalue weighted by atomic mass is 32.1. The molecule has 0 bridgehead atoms. The van der Waals surface area contributed by atoms with Gasteiger partial charge in [-0.3, -0.25) is 0 Å². The average molecular weight is 559 g/mol. The molecule has 198 valence electrons. The molecule has 5 heteroatoms. The summed E-state index contributed by atoms with van der Waals surface area (Å²) in [5, 5.41) is 5.36. The van der Waals surface area contributed by atoms with Crippen LogP contribution in [0.1, 0.15) is 0 Å². The topological polar surface area (TPSA) is 42.4 Å². The highest BCUT2D eigenvalue weighted by Crippen LogP contribution is 2.43. The molecule has 0 unspecified atom stereocenters. The Morgan fingerprint density at radius 2 is 1.14 bits per heavy atom. The van der Waals surface area contributed by atoms with Gasteiger partial charge >= 0.3 is 0 Å². The molecule has 0 amide bonds. The maximum Gasteiger partial charge on any atom is 0.137 e. The zero-order valence-electron chi connectivity index (χ0n) is 22.3. The quantitative estimate of drug-likeness (QED) is 0.215. The lowest BCUT2D eigenvalue weighted by Crippen LogP contribution is -2.09. The molecule has 0 radical (unpaired) electrons. The zero-order chi connectivity index (χ0) is 27.6. The fourth-order valence-electron chi connectivity index (χ4n) is 5.96. The van der Waals surface area contributed by atoms with Gasteiger partial charge in [-0.2, -0.15) is 0 Å². The van der Waals surface area contributed by atoms with E-state index < -0.39 is 0 Å². The van der Waals surface area contributed by atoms with Crippen LogP contribution >= 0.6 is 11.3 Å². The summed E-state index contributed by atoms with van der Waals surface area (Å²) >= 11 is 1.71. The second kappa shape index (κ2) is 9.06. The molecule has 0 atom stereocenters. The maximum absolute atomic E-state index is 6.47. The van der Waals surface area contributed by atoms with Gasteiger partial charge in [0, 0.05) is 50.9 Å². The van der Waals surface area contributed by atoms with Crippen molar-refractivity contribution in [3.05, 3.63) is 133 Å². The Bertz CT molecular complexity index is 2420. The van der Waals surface area contributed by atoms with Crippen LogP contribution < -0.4 is 4.90 Å². The smallest absolute Gasteiger partial charge is 0.137 e. The van der Waals surface area contributed by atoms with Crippen molar-refractivity contribution >= 4 is 82.5 Å². The fraction of sp³-hybridized carbons (Fsp3) is 0. The van der Waals surface area contributed by atoms with Gasteiger partial charge in [0.25, 0.3) is 0 Å². The van der Waals surface area contributed by atoms with E-state index in [1.54, 1.807) is 11.3 Å². The fourth-order valence-corrected chi connectivity index (χ4v) is 6.94. The first-order valence-corrected chi connectivity index (χ1v) is 14.7. The summed E-state index contributed by atoms with van der Waals surface area (Å²) < 4.78 is 13.9. The Balaban J connectivity index is 1.22. The highest BCUT2D eigenvalue weighted by Gasteiger charge is 2.19. The van der Waals surface area contributed by atoms with Crippen molar-refractivity contribution < 1.29 is 8.83 Å². The van der Waals surface area contributed by atoms with Crippen molar-refractivity contribution in [1.82, 2.24) is 4.98 Å². The summed E-state index contributed by atoms with van der Waals surface area (Å²) in [6.45, 7) is 0. The summed E-state index contributed by atoms with van der Waals surface area (Å²) in [6.07, 6.45) is 0. The maximum atomic E-state index is 6.47. The molecule has 0 fully saturated rings. The number of nitrogens with zero attached hydrogens (tertiary/aromatic N) is 2. The van der Waals surface area contributed by atoms with Crippen LogP contribution in [-0.4, -0.2) is 4.98 Å². The number of para-hydroxylation sites is 2. The number of rotatable bonds is 4. The third kappa shape index (κ3) is 3.57. The summed E-state index contributed by atoms with van der Waals surface area (Å²) in [5.41, 5.74) is 8.60. The average Bonchev–Trinajstić information content (AvgIpc) is 3.74. The summed E-state index contributed by atoms with van der Waals surface area (Å²) in [6, 6.07) is 46.0. The first-order chi connectivity index (χ1) is 20.8. The molecule has 3 heterocycles. The standard InChI is InChI=1S/C37H22N2O2S/c1-3-9-23(10-4-1)37-38-36-34(42-37)20-19-31-35(36)29-18-16-26(22-33(29)41-31)39(24-11-5-2-6-12-24)25-15-17-28-27-13-7-8-14-30(27)40-32(28)21-25/h1-22H. The van der Waals surface area contributed by atoms with E-state index in [9.17, 15) is 0 Å². The van der Waals surface area contributed by atoms with Crippen LogP contribution in [0.5, 0.6) is 0 Å². The van der Waals surface area contributed by atoms with Crippen LogP contribution in [0.4, 0.5) is 17.1 Å². The molecule has 0 aliphatic rings. The molecule has 0 saturated heterocycles. The number of aromatic nitrogens is 1. The van der Waals surface area contributed by atoms with Crippen LogP contribution in [0.2, 0.25) is 0 Å². The largest absolute Gasteiger partial charge is 0.456 e. The van der Waals surface area contributed by atoms with Gasteiger partial charge in [-0.25, -0.2) is 4.98 Å². The molecule has 42 heavy (non-hydrogen) atoms. The number of hydrogen-bond acceptors (Lipinski definition) is 5. The van der Waals surface area contributed by atoms with E-state index in [1.165, 1.54) is 0 Å². The van der Waals surface area contributed by atoms with Crippen LogP contribution in [0, 0.1) is 0 Å². The first-order valence-electron chi connectivity index (χ1n) is 13.9. The second-order valence-corrected chi connectivity index (χ2v) is 11.4.